The molecule has 0 aliphatic rings. The maximum atomic E-state index is 5.58. The van der Waals surface area contributed by atoms with E-state index in [9.17, 15) is 0 Å². The maximum absolute atomic E-state index is 5.58. The number of nitrogens with one attached hydrogen (secondary N) is 1. The second-order valence-electron chi connectivity index (χ2n) is 4.46. The van der Waals surface area contributed by atoms with E-state index >= 15 is 0 Å². The summed E-state index contributed by atoms with van der Waals surface area (Å²) >= 11 is 0. The van der Waals surface area contributed by atoms with E-state index in [2.05, 4.69) is 29.6 Å². The minimum atomic E-state index is 0.746. The van der Waals surface area contributed by atoms with Crippen LogP contribution in [0.15, 0.2) is 53.1 Å². The molecule has 0 bridgehead atoms. The molecule has 3 heteroatoms. The van der Waals surface area contributed by atoms with Gasteiger partial charge in [-0.15, -0.1) is 0 Å². The topological polar surface area (TPSA) is 34.4 Å². The normalized spacial score (nSPS) is 10.7. The molecular formula is C16H21NO2. The Morgan fingerprint density at radius 1 is 1.00 bits per heavy atom. The van der Waals surface area contributed by atoms with Gasteiger partial charge in [0, 0.05) is 13.2 Å². The lowest BCUT2D eigenvalue weighted by molar-refractivity contribution is 0.133. The first-order valence-electron chi connectivity index (χ1n) is 6.80. The van der Waals surface area contributed by atoms with Crippen LogP contribution in [0.5, 0.6) is 0 Å². The molecule has 0 unspecified atom stereocenters. The van der Waals surface area contributed by atoms with Crippen molar-refractivity contribution >= 4 is 0 Å². The lowest BCUT2D eigenvalue weighted by atomic mass is 10.1. The van der Waals surface area contributed by atoms with Crippen LogP contribution in [0.3, 0.4) is 0 Å². The predicted molar refractivity (Wildman–Crippen MR) is 76.0 cm³/mol. The predicted octanol–water partition coefficient (Wildman–Crippen LogP) is 3.02. The second-order valence-corrected chi connectivity index (χ2v) is 4.46. The minimum Gasteiger partial charge on any atom is -0.468 e. The molecule has 2 aromatic rings. The highest BCUT2D eigenvalue weighted by Crippen LogP contribution is 2.02. The van der Waals surface area contributed by atoms with E-state index in [4.69, 9.17) is 9.15 Å². The van der Waals surface area contributed by atoms with Crippen molar-refractivity contribution in [1.29, 1.82) is 0 Å². The summed E-state index contributed by atoms with van der Waals surface area (Å²) in [7, 11) is 0. The molecule has 0 spiro atoms. The highest BCUT2D eigenvalue weighted by Gasteiger charge is 1.95. The number of rotatable bonds is 9. The van der Waals surface area contributed by atoms with Crippen molar-refractivity contribution in [2.45, 2.75) is 19.4 Å². The van der Waals surface area contributed by atoms with Crippen molar-refractivity contribution in [2.24, 2.45) is 0 Å². The summed E-state index contributed by atoms with van der Waals surface area (Å²) in [5.41, 5.74) is 1.38. The summed E-state index contributed by atoms with van der Waals surface area (Å²) < 4.78 is 10.8. The minimum absolute atomic E-state index is 0.746. The molecular weight excluding hydrogens is 238 g/mol. The molecule has 0 atom stereocenters. The van der Waals surface area contributed by atoms with Gasteiger partial charge in [0.15, 0.2) is 0 Å². The molecule has 0 fully saturated rings. The second kappa shape index (κ2) is 8.51. The zero-order valence-electron chi connectivity index (χ0n) is 11.2. The Kier molecular flexibility index (Phi) is 6.20. The molecule has 0 aliphatic heterocycles. The molecule has 19 heavy (non-hydrogen) atoms. The third kappa shape index (κ3) is 5.73. The molecule has 102 valence electrons. The van der Waals surface area contributed by atoms with Crippen molar-refractivity contribution in [2.75, 3.05) is 19.8 Å². The highest BCUT2D eigenvalue weighted by atomic mass is 16.5. The molecule has 1 N–H and O–H groups in total. The first-order chi connectivity index (χ1) is 9.45. The number of benzene rings is 1. The van der Waals surface area contributed by atoms with Gasteiger partial charge < -0.3 is 14.5 Å². The van der Waals surface area contributed by atoms with E-state index in [1.54, 1.807) is 6.26 Å². The van der Waals surface area contributed by atoms with Crippen molar-refractivity contribution in [1.82, 2.24) is 5.32 Å². The van der Waals surface area contributed by atoms with Gasteiger partial charge in [-0.05, 0) is 30.5 Å². The van der Waals surface area contributed by atoms with E-state index < -0.39 is 0 Å². The van der Waals surface area contributed by atoms with Gasteiger partial charge in [0.05, 0.1) is 19.4 Å². The van der Waals surface area contributed by atoms with Gasteiger partial charge in [0.2, 0.25) is 0 Å². The number of ether oxygens (including phenoxy) is 1. The van der Waals surface area contributed by atoms with E-state index in [-0.39, 0.29) is 0 Å². The van der Waals surface area contributed by atoms with Crippen LogP contribution in [0.2, 0.25) is 0 Å². The Morgan fingerprint density at radius 3 is 2.68 bits per heavy atom. The summed E-state index contributed by atoms with van der Waals surface area (Å²) in [6, 6.07) is 14.4. The fraction of sp³-hybridized carbons (Fsp3) is 0.375. The fourth-order valence-electron chi connectivity index (χ4n) is 1.89. The molecule has 0 amide bonds. The van der Waals surface area contributed by atoms with Gasteiger partial charge in [-0.1, -0.05) is 30.3 Å². The van der Waals surface area contributed by atoms with Gasteiger partial charge in [-0.25, -0.2) is 0 Å². The monoisotopic (exact) mass is 259 g/mol. The van der Waals surface area contributed by atoms with Crippen molar-refractivity contribution < 1.29 is 9.15 Å². The molecule has 1 aromatic heterocycles. The zero-order chi connectivity index (χ0) is 13.2. The first kappa shape index (κ1) is 13.8. The van der Waals surface area contributed by atoms with Crippen molar-refractivity contribution in [3.8, 4) is 0 Å². The summed E-state index contributed by atoms with van der Waals surface area (Å²) in [5, 5.41) is 3.28. The number of hydrogen-bond acceptors (Lipinski definition) is 3. The average molecular weight is 259 g/mol. The number of furan rings is 1. The lowest BCUT2D eigenvalue weighted by Gasteiger charge is -2.05. The first-order valence-corrected chi connectivity index (χ1v) is 6.80. The van der Waals surface area contributed by atoms with Gasteiger partial charge in [0.1, 0.15) is 5.76 Å². The number of aryl methyl sites for hydroxylation is 1. The summed E-state index contributed by atoms with van der Waals surface area (Å²) in [6.45, 7) is 3.18. The molecule has 0 saturated heterocycles. The lowest BCUT2D eigenvalue weighted by Crippen LogP contribution is -2.19. The van der Waals surface area contributed by atoms with E-state index in [0.29, 0.717) is 0 Å². The van der Waals surface area contributed by atoms with E-state index in [1.807, 2.05) is 18.2 Å². The van der Waals surface area contributed by atoms with Gasteiger partial charge in [-0.3, -0.25) is 0 Å². The third-order valence-electron chi connectivity index (χ3n) is 2.90. The van der Waals surface area contributed by atoms with Crippen LogP contribution in [0.4, 0.5) is 0 Å². The Balaban J connectivity index is 1.42. The molecule has 1 heterocycles. The SMILES string of the molecule is c1ccc(CCCOCCNCc2ccco2)cc1. The Bertz CT molecular complexity index is 425. The average Bonchev–Trinajstić information content (AvgIpc) is 2.96. The van der Waals surface area contributed by atoms with Crippen LogP contribution in [-0.4, -0.2) is 19.8 Å². The summed E-state index contributed by atoms with van der Waals surface area (Å²) in [4.78, 5) is 0. The molecule has 3 nitrogen and oxygen atoms in total. The van der Waals surface area contributed by atoms with Gasteiger partial charge in [-0.2, -0.15) is 0 Å². The number of hydrogen-bond donors (Lipinski definition) is 1. The Labute approximate surface area is 114 Å². The third-order valence-corrected chi connectivity index (χ3v) is 2.90. The van der Waals surface area contributed by atoms with Crippen LogP contribution in [0.25, 0.3) is 0 Å². The fourth-order valence-corrected chi connectivity index (χ4v) is 1.89. The van der Waals surface area contributed by atoms with Crippen LogP contribution in [0, 0.1) is 0 Å². The molecule has 0 aliphatic carbocycles. The van der Waals surface area contributed by atoms with Crippen LogP contribution in [0.1, 0.15) is 17.7 Å². The Morgan fingerprint density at radius 2 is 1.89 bits per heavy atom. The zero-order valence-corrected chi connectivity index (χ0v) is 11.2. The smallest absolute Gasteiger partial charge is 0.117 e. The van der Waals surface area contributed by atoms with E-state index in [0.717, 1.165) is 44.9 Å². The molecule has 0 radical (unpaired) electrons. The van der Waals surface area contributed by atoms with Crippen molar-refractivity contribution in [3.05, 3.63) is 60.1 Å². The van der Waals surface area contributed by atoms with Crippen LogP contribution >= 0.6 is 0 Å². The summed E-state index contributed by atoms with van der Waals surface area (Å²) in [5.74, 6) is 0.962. The van der Waals surface area contributed by atoms with Crippen molar-refractivity contribution in [3.63, 3.8) is 0 Å². The maximum Gasteiger partial charge on any atom is 0.117 e. The summed E-state index contributed by atoms with van der Waals surface area (Å²) in [6.07, 6.45) is 3.85. The molecule has 2 rings (SSSR count). The van der Waals surface area contributed by atoms with E-state index in [1.165, 1.54) is 5.56 Å². The quantitative estimate of drug-likeness (QED) is 0.703. The van der Waals surface area contributed by atoms with Gasteiger partial charge >= 0.3 is 0 Å². The molecule has 0 saturated carbocycles. The Hall–Kier alpha value is -1.58. The van der Waals surface area contributed by atoms with Crippen LogP contribution in [-0.2, 0) is 17.7 Å². The largest absolute Gasteiger partial charge is 0.468 e. The van der Waals surface area contributed by atoms with Gasteiger partial charge in [0.25, 0.3) is 0 Å². The van der Waals surface area contributed by atoms with Crippen LogP contribution < -0.4 is 5.32 Å². The molecule has 1 aromatic carbocycles. The standard InChI is InChI=1S/C16H21NO2/c1-2-6-15(7-3-1)8-4-11-18-13-10-17-14-16-9-5-12-19-16/h1-3,5-7,9,12,17H,4,8,10-11,13-14H2. The highest BCUT2D eigenvalue weighted by molar-refractivity contribution is 5.14.